The Morgan fingerprint density at radius 1 is 1.05 bits per heavy atom. The molecule has 0 aliphatic heterocycles. The SMILES string of the molecule is Fc1c(Br)cccc1-c1nnnn1Cc1ccccc1. The number of nitrogens with zero attached hydrogens (tertiary/aromatic N) is 4. The Balaban J connectivity index is 2.00. The molecule has 4 nitrogen and oxygen atoms in total. The smallest absolute Gasteiger partial charge is 0.185 e. The molecule has 0 saturated heterocycles. The highest BCUT2D eigenvalue weighted by molar-refractivity contribution is 9.10. The van der Waals surface area contributed by atoms with Crippen LogP contribution in [0.4, 0.5) is 4.39 Å². The summed E-state index contributed by atoms with van der Waals surface area (Å²) in [6.45, 7) is 0.495. The number of hydrogen-bond donors (Lipinski definition) is 0. The van der Waals surface area contributed by atoms with Gasteiger partial charge in [0.2, 0.25) is 0 Å². The van der Waals surface area contributed by atoms with E-state index in [1.54, 1.807) is 22.9 Å². The van der Waals surface area contributed by atoms with Gasteiger partial charge in [0.15, 0.2) is 5.82 Å². The van der Waals surface area contributed by atoms with Crippen molar-refractivity contribution < 1.29 is 4.39 Å². The van der Waals surface area contributed by atoms with Crippen LogP contribution in [0.25, 0.3) is 11.4 Å². The van der Waals surface area contributed by atoms with Gasteiger partial charge < -0.3 is 0 Å². The topological polar surface area (TPSA) is 43.6 Å². The molecule has 0 bridgehead atoms. The Morgan fingerprint density at radius 2 is 1.85 bits per heavy atom. The van der Waals surface area contributed by atoms with E-state index >= 15 is 0 Å². The van der Waals surface area contributed by atoms with Crippen molar-refractivity contribution in [3.63, 3.8) is 0 Å². The van der Waals surface area contributed by atoms with Gasteiger partial charge in [0.25, 0.3) is 0 Å². The van der Waals surface area contributed by atoms with E-state index in [1.165, 1.54) is 0 Å². The van der Waals surface area contributed by atoms with Crippen LogP contribution in [0.3, 0.4) is 0 Å². The Morgan fingerprint density at radius 3 is 2.65 bits per heavy atom. The number of halogens is 2. The maximum Gasteiger partial charge on any atom is 0.185 e. The lowest BCUT2D eigenvalue weighted by Gasteiger charge is -2.06. The van der Waals surface area contributed by atoms with E-state index in [-0.39, 0.29) is 5.82 Å². The molecule has 0 radical (unpaired) electrons. The quantitative estimate of drug-likeness (QED) is 0.739. The van der Waals surface area contributed by atoms with Gasteiger partial charge in [-0.15, -0.1) is 5.10 Å². The van der Waals surface area contributed by atoms with Gasteiger partial charge in [0.05, 0.1) is 16.6 Å². The van der Waals surface area contributed by atoms with Crippen LogP contribution in [0.15, 0.2) is 53.0 Å². The Hall–Kier alpha value is -2.08. The van der Waals surface area contributed by atoms with Crippen molar-refractivity contribution in [3.05, 3.63) is 64.4 Å². The predicted octanol–water partition coefficient (Wildman–Crippen LogP) is 3.29. The summed E-state index contributed by atoms with van der Waals surface area (Å²) < 4.78 is 16.1. The lowest BCUT2D eigenvalue weighted by molar-refractivity contribution is 0.615. The Labute approximate surface area is 123 Å². The molecule has 2 aromatic carbocycles. The molecule has 0 N–H and O–H groups in total. The molecule has 0 atom stereocenters. The van der Waals surface area contributed by atoms with E-state index < -0.39 is 0 Å². The van der Waals surface area contributed by atoms with Crippen molar-refractivity contribution in [1.82, 2.24) is 20.2 Å². The monoisotopic (exact) mass is 332 g/mol. The van der Waals surface area contributed by atoms with Crippen molar-refractivity contribution >= 4 is 15.9 Å². The first-order valence-corrected chi connectivity index (χ1v) is 6.79. The van der Waals surface area contributed by atoms with Crippen LogP contribution < -0.4 is 0 Å². The number of hydrogen-bond acceptors (Lipinski definition) is 3. The van der Waals surface area contributed by atoms with E-state index in [1.807, 2.05) is 30.3 Å². The van der Waals surface area contributed by atoms with Crippen LogP contribution in [0.1, 0.15) is 5.56 Å². The molecule has 0 fully saturated rings. The summed E-state index contributed by atoms with van der Waals surface area (Å²) in [4.78, 5) is 0. The minimum absolute atomic E-state index is 0.364. The van der Waals surface area contributed by atoms with Crippen LogP contribution in [0.2, 0.25) is 0 Å². The molecule has 0 spiro atoms. The van der Waals surface area contributed by atoms with E-state index in [0.717, 1.165) is 5.56 Å². The number of rotatable bonds is 3. The first-order chi connectivity index (χ1) is 9.75. The molecular formula is C14H10BrFN4. The molecule has 0 aliphatic rings. The van der Waals surface area contributed by atoms with E-state index in [4.69, 9.17) is 0 Å². The molecule has 0 unspecified atom stereocenters. The lowest BCUT2D eigenvalue weighted by Crippen LogP contribution is -2.05. The van der Waals surface area contributed by atoms with Gasteiger partial charge in [-0.25, -0.2) is 9.07 Å². The number of benzene rings is 2. The summed E-state index contributed by atoms with van der Waals surface area (Å²) in [5.74, 6) is 0.0456. The standard InChI is InChI=1S/C14H10BrFN4/c15-12-8-4-7-11(13(12)16)14-17-18-19-20(14)9-10-5-2-1-3-6-10/h1-8H,9H2. The van der Waals surface area contributed by atoms with E-state index in [9.17, 15) is 4.39 Å². The van der Waals surface area contributed by atoms with Gasteiger partial charge in [-0.1, -0.05) is 36.4 Å². The normalized spacial score (nSPS) is 10.7. The Bertz CT molecular complexity index is 727. The molecule has 1 heterocycles. The van der Waals surface area contributed by atoms with Crippen molar-refractivity contribution in [1.29, 1.82) is 0 Å². The molecule has 0 saturated carbocycles. The van der Waals surface area contributed by atoms with Crippen LogP contribution in [-0.4, -0.2) is 20.2 Å². The van der Waals surface area contributed by atoms with Gasteiger partial charge in [0.1, 0.15) is 5.82 Å². The van der Waals surface area contributed by atoms with Gasteiger partial charge in [-0.2, -0.15) is 0 Å². The fourth-order valence-electron chi connectivity index (χ4n) is 1.94. The Kier molecular flexibility index (Phi) is 3.56. The molecule has 20 heavy (non-hydrogen) atoms. The first kappa shape index (κ1) is 12.9. The second-order valence-electron chi connectivity index (χ2n) is 4.25. The van der Waals surface area contributed by atoms with Crippen LogP contribution in [0, 0.1) is 5.82 Å². The average Bonchev–Trinajstić information content (AvgIpc) is 2.91. The number of aromatic nitrogens is 4. The largest absolute Gasteiger partial charge is 0.221 e. The first-order valence-electron chi connectivity index (χ1n) is 6.00. The van der Waals surface area contributed by atoms with Gasteiger partial charge >= 0.3 is 0 Å². The van der Waals surface area contributed by atoms with Gasteiger partial charge in [0, 0.05) is 0 Å². The maximum absolute atomic E-state index is 14.1. The minimum atomic E-state index is -0.364. The molecule has 3 aromatic rings. The third-order valence-electron chi connectivity index (χ3n) is 2.90. The molecule has 100 valence electrons. The van der Waals surface area contributed by atoms with E-state index in [2.05, 4.69) is 31.5 Å². The summed E-state index contributed by atoms with van der Waals surface area (Å²) in [5, 5.41) is 11.5. The highest BCUT2D eigenvalue weighted by Gasteiger charge is 2.15. The second kappa shape index (κ2) is 5.50. The second-order valence-corrected chi connectivity index (χ2v) is 5.10. The van der Waals surface area contributed by atoms with Gasteiger partial charge in [-0.05, 0) is 44.1 Å². The zero-order valence-corrected chi connectivity index (χ0v) is 12.0. The predicted molar refractivity (Wildman–Crippen MR) is 76.5 cm³/mol. The molecule has 3 rings (SSSR count). The fraction of sp³-hybridized carbons (Fsp3) is 0.0714. The summed E-state index contributed by atoms with van der Waals surface area (Å²) in [7, 11) is 0. The zero-order chi connectivity index (χ0) is 13.9. The highest BCUT2D eigenvalue weighted by atomic mass is 79.9. The summed E-state index contributed by atoms with van der Waals surface area (Å²) >= 11 is 3.17. The van der Waals surface area contributed by atoms with Crippen molar-refractivity contribution in [3.8, 4) is 11.4 Å². The van der Waals surface area contributed by atoms with Crippen LogP contribution >= 0.6 is 15.9 Å². The highest BCUT2D eigenvalue weighted by Crippen LogP contribution is 2.26. The maximum atomic E-state index is 14.1. The van der Waals surface area contributed by atoms with Crippen molar-refractivity contribution in [2.75, 3.05) is 0 Å². The third-order valence-corrected chi connectivity index (χ3v) is 3.51. The van der Waals surface area contributed by atoms with E-state index in [0.29, 0.717) is 22.4 Å². The molecule has 0 aliphatic carbocycles. The molecule has 1 aromatic heterocycles. The molecular weight excluding hydrogens is 323 g/mol. The summed E-state index contributed by atoms with van der Waals surface area (Å²) in [6, 6.07) is 14.8. The third kappa shape index (κ3) is 2.46. The average molecular weight is 333 g/mol. The molecule has 0 amide bonds. The zero-order valence-electron chi connectivity index (χ0n) is 10.4. The van der Waals surface area contributed by atoms with Gasteiger partial charge in [-0.3, -0.25) is 0 Å². The van der Waals surface area contributed by atoms with Crippen LogP contribution in [-0.2, 0) is 6.54 Å². The molecule has 6 heteroatoms. The summed E-state index contributed by atoms with van der Waals surface area (Å²) in [5.41, 5.74) is 1.43. The summed E-state index contributed by atoms with van der Waals surface area (Å²) in [6.07, 6.45) is 0. The van der Waals surface area contributed by atoms with Crippen molar-refractivity contribution in [2.45, 2.75) is 6.54 Å². The number of tetrazole rings is 1. The fourth-order valence-corrected chi connectivity index (χ4v) is 2.30. The van der Waals surface area contributed by atoms with Crippen LogP contribution in [0.5, 0.6) is 0 Å². The lowest BCUT2D eigenvalue weighted by atomic mass is 10.2. The van der Waals surface area contributed by atoms with Crippen molar-refractivity contribution in [2.24, 2.45) is 0 Å². The minimum Gasteiger partial charge on any atom is -0.221 e.